The lowest BCUT2D eigenvalue weighted by Crippen LogP contribution is -1.95. The standard InChI is InChI=1S/C12H11NO.C8H10ClNO/c13-10-6-8-12(9-7-10)14-11-4-2-1-3-5-11;1-2-11-8-4-3-6(9)5-7(8)10/h1-9H,13H2;3-5H,2,10H2,1H3. The normalized spacial score (nSPS) is 9.68. The van der Waals surface area contributed by atoms with Gasteiger partial charge in [-0.15, -0.1) is 0 Å². The van der Waals surface area contributed by atoms with Crippen LogP contribution < -0.4 is 20.9 Å². The third-order valence-electron chi connectivity index (χ3n) is 3.13. The third-order valence-corrected chi connectivity index (χ3v) is 3.37. The number of para-hydroxylation sites is 1. The summed E-state index contributed by atoms with van der Waals surface area (Å²) in [7, 11) is 0. The summed E-state index contributed by atoms with van der Waals surface area (Å²) in [6.07, 6.45) is 0. The van der Waals surface area contributed by atoms with E-state index < -0.39 is 0 Å². The second kappa shape index (κ2) is 9.45. The highest BCUT2D eigenvalue weighted by molar-refractivity contribution is 6.30. The fourth-order valence-electron chi connectivity index (χ4n) is 1.97. The first-order valence-corrected chi connectivity index (χ1v) is 8.22. The van der Waals surface area contributed by atoms with Gasteiger partial charge in [0, 0.05) is 10.7 Å². The van der Waals surface area contributed by atoms with Gasteiger partial charge in [-0.05, 0) is 61.5 Å². The average Bonchev–Trinajstić information content (AvgIpc) is 2.61. The quantitative estimate of drug-likeness (QED) is 0.615. The molecular formula is C20H21ClN2O2. The summed E-state index contributed by atoms with van der Waals surface area (Å²) in [6, 6.07) is 22.2. The van der Waals surface area contributed by atoms with Crippen molar-refractivity contribution >= 4 is 23.0 Å². The van der Waals surface area contributed by atoms with Crippen LogP contribution in [0.1, 0.15) is 6.92 Å². The van der Waals surface area contributed by atoms with Crippen molar-refractivity contribution < 1.29 is 9.47 Å². The number of nitrogen functional groups attached to an aromatic ring is 2. The fourth-order valence-corrected chi connectivity index (χ4v) is 2.15. The predicted molar refractivity (Wildman–Crippen MR) is 104 cm³/mol. The first-order valence-electron chi connectivity index (χ1n) is 7.84. The molecule has 0 atom stereocenters. The van der Waals surface area contributed by atoms with E-state index in [0.29, 0.717) is 23.1 Å². The summed E-state index contributed by atoms with van der Waals surface area (Å²) in [5.74, 6) is 2.32. The van der Waals surface area contributed by atoms with Gasteiger partial charge in [-0.3, -0.25) is 0 Å². The molecule has 4 N–H and O–H groups in total. The maximum atomic E-state index is 5.68. The second-order valence-corrected chi connectivity index (χ2v) is 5.54. The van der Waals surface area contributed by atoms with Gasteiger partial charge in [0.05, 0.1) is 12.3 Å². The molecular weight excluding hydrogens is 336 g/mol. The molecule has 0 amide bonds. The Labute approximate surface area is 152 Å². The fraction of sp³-hybridized carbons (Fsp3) is 0.100. The van der Waals surface area contributed by atoms with E-state index in [0.717, 1.165) is 17.2 Å². The van der Waals surface area contributed by atoms with E-state index in [-0.39, 0.29) is 0 Å². The zero-order valence-electron chi connectivity index (χ0n) is 14.0. The molecule has 0 spiro atoms. The number of rotatable bonds is 4. The van der Waals surface area contributed by atoms with Crippen LogP contribution in [0.5, 0.6) is 17.2 Å². The summed E-state index contributed by atoms with van der Waals surface area (Å²) < 4.78 is 10.8. The Morgan fingerprint density at radius 3 is 2.08 bits per heavy atom. The highest BCUT2D eigenvalue weighted by Crippen LogP contribution is 2.24. The van der Waals surface area contributed by atoms with Gasteiger partial charge in [-0.25, -0.2) is 0 Å². The molecule has 3 rings (SSSR count). The van der Waals surface area contributed by atoms with Gasteiger partial charge in [-0.1, -0.05) is 29.8 Å². The molecule has 0 aliphatic carbocycles. The summed E-state index contributed by atoms with van der Waals surface area (Å²) >= 11 is 5.68. The van der Waals surface area contributed by atoms with Crippen molar-refractivity contribution in [3.63, 3.8) is 0 Å². The van der Waals surface area contributed by atoms with Gasteiger partial charge in [0.1, 0.15) is 17.2 Å². The van der Waals surface area contributed by atoms with Crippen LogP contribution in [0.4, 0.5) is 11.4 Å². The van der Waals surface area contributed by atoms with Gasteiger partial charge in [-0.2, -0.15) is 0 Å². The van der Waals surface area contributed by atoms with Crippen LogP contribution in [0, 0.1) is 0 Å². The van der Waals surface area contributed by atoms with Crippen LogP contribution >= 0.6 is 11.6 Å². The summed E-state index contributed by atoms with van der Waals surface area (Å²) in [4.78, 5) is 0. The Morgan fingerprint density at radius 1 is 0.840 bits per heavy atom. The summed E-state index contributed by atoms with van der Waals surface area (Å²) in [6.45, 7) is 2.53. The van der Waals surface area contributed by atoms with Crippen molar-refractivity contribution in [2.24, 2.45) is 0 Å². The number of halogens is 1. The Balaban J connectivity index is 0.000000186. The molecule has 4 nitrogen and oxygen atoms in total. The zero-order chi connectivity index (χ0) is 18.1. The van der Waals surface area contributed by atoms with E-state index in [9.17, 15) is 0 Å². The Kier molecular flexibility index (Phi) is 6.99. The molecule has 0 heterocycles. The van der Waals surface area contributed by atoms with Crippen molar-refractivity contribution in [3.8, 4) is 17.2 Å². The van der Waals surface area contributed by atoms with Gasteiger partial charge in [0.25, 0.3) is 0 Å². The first-order chi connectivity index (χ1) is 12.1. The molecule has 3 aromatic rings. The minimum absolute atomic E-state index is 0.583. The summed E-state index contributed by atoms with van der Waals surface area (Å²) in [5, 5.41) is 0.631. The molecule has 0 aliphatic rings. The topological polar surface area (TPSA) is 70.5 Å². The smallest absolute Gasteiger partial charge is 0.142 e. The molecule has 3 aromatic carbocycles. The highest BCUT2D eigenvalue weighted by atomic mass is 35.5. The van der Waals surface area contributed by atoms with E-state index >= 15 is 0 Å². The van der Waals surface area contributed by atoms with E-state index in [4.69, 9.17) is 32.5 Å². The molecule has 130 valence electrons. The number of hydrogen-bond acceptors (Lipinski definition) is 4. The lowest BCUT2D eigenvalue weighted by atomic mass is 10.3. The number of anilines is 2. The first kappa shape index (κ1) is 18.5. The zero-order valence-corrected chi connectivity index (χ0v) is 14.7. The molecule has 5 heteroatoms. The van der Waals surface area contributed by atoms with Crippen molar-refractivity contribution in [1.29, 1.82) is 0 Å². The van der Waals surface area contributed by atoms with Gasteiger partial charge < -0.3 is 20.9 Å². The van der Waals surface area contributed by atoms with Crippen LogP contribution in [-0.4, -0.2) is 6.61 Å². The van der Waals surface area contributed by atoms with Crippen molar-refractivity contribution in [3.05, 3.63) is 77.8 Å². The molecule has 0 saturated heterocycles. The summed E-state index contributed by atoms with van der Waals surface area (Å²) in [5.41, 5.74) is 12.5. The molecule has 0 aliphatic heterocycles. The third kappa shape index (κ3) is 6.28. The van der Waals surface area contributed by atoms with Crippen molar-refractivity contribution in [2.75, 3.05) is 18.1 Å². The van der Waals surface area contributed by atoms with Crippen molar-refractivity contribution in [1.82, 2.24) is 0 Å². The largest absolute Gasteiger partial charge is 0.492 e. The van der Waals surface area contributed by atoms with Crippen molar-refractivity contribution in [2.45, 2.75) is 6.92 Å². The highest BCUT2D eigenvalue weighted by Gasteiger charge is 1.98. The van der Waals surface area contributed by atoms with E-state index in [2.05, 4.69) is 0 Å². The Morgan fingerprint density at radius 2 is 1.48 bits per heavy atom. The molecule has 0 saturated carbocycles. The van der Waals surface area contributed by atoms with E-state index in [1.54, 1.807) is 18.2 Å². The minimum Gasteiger partial charge on any atom is -0.492 e. The van der Waals surface area contributed by atoms with Gasteiger partial charge in [0.2, 0.25) is 0 Å². The monoisotopic (exact) mass is 356 g/mol. The number of ether oxygens (including phenoxy) is 2. The lowest BCUT2D eigenvalue weighted by molar-refractivity contribution is 0.342. The number of hydrogen-bond donors (Lipinski definition) is 2. The van der Waals surface area contributed by atoms with Crippen LogP contribution in [0.2, 0.25) is 5.02 Å². The van der Waals surface area contributed by atoms with E-state index in [1.165, 1.54) is 0 Å². The van der Waals surface area contributed by atoms with Gasteiger partial charge in [0.15, 0.2) is 0 Å². The molecule has 25 heavy (non-hydrogen) atoms. The van der Waals surface area contributed by atoms with E-state index in [1.807, 2.05) is 61.5 Å². The molecule has 0 radical (unpaired) electrons. The molecule has 0 fully saturated rings. The van der Waals surface area contributed by atoms with Crippen LogP contribution in [0.3, 0.4) is 0 Å². The Bertz CT molecular complexity index is 777. The van der Waals surface area contributed by atoms with Gasteiger partial charge >= 0.3 is 0 Å². The Hall–Kier alpha value is -2.85. The SMILES string of the molecule is CCOc1ccc(Cl)cc1N.Nc1ccc(Oc2ccccc2)cc1. The minimum atomic E-state index is 0.583. The molecule has 0 bridgehead atoms. The number of benzene rings is 3. The number of nitrogens with two attached hydrogens (primary N) is 2. The maximum Gasteiger partial charge on any atom is 0.142 e. The molecule has 0 aromatic heterocycles. The van der Waals surface area contributed by atoms with Crippen LogP contribution in [0.15, 0.2) is 72.8 Å². The van der Waals surface area contributed by atoms with Crippen LogP contribution in [-0.2, 0) is 0 Å². The molecule has 0 unspecified atom stereocenters. The maximum absolute atomic E-state index is 5.68. The van der Waals surface area contributed by atoms with Crippen LogP contribution in [0.25, 0.3) is 0 Å². The lowest BCUT2D eigenvalue weighted by Gasteiger charge is -2.05. The second-order valence-electron chi connectivity index (χ2n) is 5.10. The predicted octanol–water partition coefficient (Wildman–Crippen LogP) is 5.38. The average molecular weight is 357 g/mol.